The monoisotopic (exact) mass is 400 g/mol. The molecule has 2 aromatic rings. The molecule has 0 unspecified atom stereocenters. The Bertz CT molecular complexity index is 807. The zero-order valence-corrected chi connectivity index (χ0v) is 16.7. The molecule has 0 aromatic heterocycles. The molecule has 148 valence electrons. The lowest BCUT2D eigenvalue weighted by Gasteiger charge is -2.36. The van der Waals surface area contributed by atoms with E-state index >= 15 is 0 Å². The Balaban J connectivity index is 1.43. The predicted octanol–water partition coefficient (Wildman–Crippen LogP) is 2.56. The van der Waals surface area contributed by atoms with Crippen LogP contribution in [0.2, 0.25) is 5.02 Å². The van der Waals surface area contributed by atoms with Gasteiger partial charge in [0.05, 0.1) is 23.8 Å². The third-order valence-corrected chi connectivity index (χ3v) is 5.05. The van der Waals surface area contributed by atoms with E-state index in [1.165, 1.54) is 5.69 Å². The SMILES string of the molecule is CN(CC(=O)Nc1ccccc1Cl)CC(=O)N1CCN(c2ccccc2)CC1. The molecule has 0 saturated carbocycles. The first-order chi connectivity index (χ1) is 13.5. The van der Waals surface area contributed by atoms with Gasteiger partial charge in [-0.25, -0.2) is 0 Å². The lowest BCUT2D eigenvalue weighted by Crippen LogP contribution is -2.51. The van der Waals surface area contributed by atoms with Gasteiger partial charge >= 0.3 is 0 Å². The molecular weight excluding hydrogens is 376 g/mol. The average Bonchev–Trinajstić information content (AvgIpc) is 2.70. The average molecular weight is 401 g/mol. The van der Waals surface area contributed by atoms with E-state index in [2.05, 4.69) is 22.3 Å². The fourth-order valence-electron chi connectivity index (χ4n) is 3.24. The maximum Gasteiger partial charge on any atom is 0.238 e. The predicted molar refractivity (Wildman–Crippen MR) is 113 cm³/mol. The lowest BCUT2D eigenvalue weighted by atomic mass is 10.2. The Kier molecular flexibility index (Phi) is 6.90. The number of halogens is 1. The van der Waals surface area contributed by atoms with Crippen molar-refractivity contribution < 1.29 is 9.59 Å². The second-order valence-electron chi connectivity index (χ2n) is 6.90. The van der Waals surface area contributed by atoms with Crippen molar-refractivity contribution in [3.05, 3.63) is 59.6 Å². The van der Waals surface area contributed by atoms with E-state index in [0.29, 0.717) is 23.8 Å². The van der Waals surface area contributed by atoms with Crippen molar-refractivity contribution in [1.82, 2.24) is 9.80 Å². The smallest absolute Gasteiger partial charge is 0.238 e. The van der Waals surface area contributed by atoms with Gasteiger partial charge in [0.2, 0.25) is 11.8 Å². The minimum absolute atomic E-state index is 0.0424. The molecular formula is C21H25ClN4O2. The van der Waals surface area contributed by atoms with Crippen molar-refractivity contribution in [2.75, 3.05) is 56.5 Å². The molecule has 1 saturated heterocycles. The number of rotatable bonds is 6. The van der Waals surface area contributed by atoms with Gasteiger partial charge < -0.3 is 15.1 Å². The first-order valence-corrected chi connectivity index (χ1v) is 9.71. The van der Waals surface area contributed by atoms with E-state index in [1.54, 1.807) is 30.1 Å². The number of anilines is 2. The maximum atomic E-state index is 12.6. The summed E-state index contributed by atoms with van der Waals surface area (Å²) in [4.78, 5) is 30.6. The molecule has 7 heteroatoms. The molecule has 2 amide bonds. The number of likely N-dealkylation sites (N-methyl/N-ethyl adjacent to an activating group) is 1. The standard InChI is InChI=1S/C21H25ClN4O2/c1-24(15-20(27)23-19-10-6-5-9-18(19)22)16-21(28)26-13-11-25(12-14-26)17-7-3-2-4-8-17/h2-10H,11-16H2,1H3,(H,23,27). The number of carbonyl (C=O) groups is 2. The van der Waals surface area contributed by atoms with Crippen LogP contribution in [-0.4, -0.2) is 67.9 Å². The molecule has 28 heavy (non-hydrogen) atoms. The van der Waals surface area contributed by atoms with Gasteiger partial charge in [0, 0.05) is 31.9 Å². The van der Waals surface area contributed by atoms with Crippen LogP contribution in [0.25, 0.3) is 0 Å². The van der Waals surface area contributed by atoms with Gasteiger partial charge in [0.15, 0.2) is 0 Å². The van der Waals surface area contributed by atoms with Gasteiger partial charge in [0.25, 0.3) is 0 Å². The van der Waals surface area contributed by atoms with Crippen LogP contribution in [0.3, 0.4) is 0 Å². The number of amides is 2. The quantitative estimate of drug-likeness (QED) is 0.809. The normalized spacial score (nSPS) is 14.2. The number of nitrogens with one attached hydrogen (secondary N) is 1. The molecule has 0 bridgehead atoms. The number of piperazine rings is 1. The first kappa shape index (κ1) is 20.2. The molecule has 1 heterocycles. The molecule has 3 rings (SSSR count). The summed E-state index contributed by atoms with van der Waals surface area (Å²) in [5.41, 5.74) is 1.76. The van der Waals surface area contributed by atoms with E-state index in [4.69, 9.17) is 11.6 Å². The van der Waals surface area contributed by atoms with Crippen molar-refractivity contribution in [2.45, 2.75) is 0 Å². The Morgan fingerprint density at radius 2 is 1.61 bits per heavy atom. The van der Waals surface area contributed by atoms with Crippen molar-refractivity contribution in [1.29, 1.82) is 0 Å². The highest BCUT2D eigenvalue weighted by molar-refractivity contribution is 6.33. The van der Waals surface area contributed by atoms with E-state index in [1.807, 2.05) is 29.2 Å². The van der Waals surface area contributed by atoms with Crippen molar-refractivity contribution >= 4 is 34.8 Å². The van der Waals surface area contributed by atoms with E-state index < -0.39 is 0 Å². The largest absolute Gasteiger partial charge is 0.368 e. The molecule has 2 aromatic carbocycles. The summed E-state index contributed by atoms with van der Waals surface area (Å²) in [5.74, 6) is -0.155. The minimum Gasteiger partial charge on any atom is -0.368 e. The zero-order chi connectivity index (χ0) is 19.9. The fourth-order valence-corrected chi connectivity index (χ4v) is 3.42. The third-order valence-electron chi connectivity index (χ3n) is 4.72. The highest BCUT2D eigenvalue weighted by atomic mass is 35.5. The van der Waals surface area contributed by atoms with E-state index in [-0.39, 0.29) is 24.9 Å². The molecule has 1 aliphatic rings. The van der Waals surface area contributed by atoms with Gasteiger partial charge in [-0.1, -0.05) is 41.9 Å². The minimum atomic E-state index is -0.197. The molecule has 0 atom stereocenters. The molecule has 0 aliphatic carbocycles. The van der Waals surface area contributed by atoms with Crippen LogP contribution in [0.15, 0.2) is 54.6 Å². The lowest BCUT2D eigenvalue weighted by molar-refractivity contribution is -0.132. The fraction of sp³-hybridized carbons (Fsp3) is 0.333. The topological polar surface area (TPSA) is 55.9 Å². The zero-order valence-electron chi connectivity index (χ0n) is 16.0. The molecule has 1 N–H and O–H groups in total. The summed E-state index contributed by atoms with van der Waals surface area (Å²) < 4.78 is 0. The number of nitrogens with zero attached hydrogens (tertiary/aromatic N) is 3. The van der Waals surface area contributed by atoms with Crippen LogP contribution in [0.1, 0.15) is 0 Å². The van der Waals surface area contributed by atoms with Gasteiger partial charge in [-0.05, 0) is 31.3 Å². The molecule has 0 radical (unpaired) electrons. The third kappa shape index (κ3) is 5.47. The van der Waals surface area contributed by atoms with Gasteiger partial charge in [-0.3, -0.25) is 14.5 Å². The Labute approximate surface area is 170 Å². The molecule has 1 fully saturated rings. The van der Waals surface area contributed by atoms with Crippen LogP contribution in [-0.2, 0) is 9.59 Å². The number of carbonyl (C=O) groups excluding carboxylic acids is 2. The summed E-state index contributed by atoms with van der Waals surface area (Å²) in [7, 11) is 1.77. The van der Waals surface area contributed by atoms with Gasteiger partial charge in [0.1, 0.15) is 0 Å². The number of para-hydroxylation sites is 2. The van der Waals surface area contributed by atoms with Crippen LogP contribution >= 0.6 is 11.6 Å². The van der Waals surface area contributed by atoms with Crippen molar-refractivity contribution in [3.63, 3.8) is 0 Å². The number of hydrogen-bond donors (Lipinski definition) is 1. The van der Waals surface area contributed by atoms with Gasteiger partial charge in [-0.2, -0.15) is 0 Å². The van der Waals surface area contributed by atoms with Crippen LogP contribution in [0.4, 0.5) is 11.4 Å². The van der Waals surface area contributed by atoms with Crippen molar-refractivity contribution in [3.8, 4) is 0 Å². The first-order valence-electron chi connectivity index (χ1n) is 9.33. The summed E-state index contributed by atoms with van der Waals surface area (Å²) in [5, 5.41) is 3.27. The van der Waals surface area contributed by atoms with E-state index in [9.17, 15) is 9.59 Å². The van der Waals surface area contributed by atoms with Crippen LogP contribution in [0.5, 0.6) is 0 Å². The molecule has 0 spiro atoms. The van der Waals surface area contributed by atoms with Crippen molar-refractivity contribution in [2.24, 2.45) is 0 Å². The van der Waals surface area contributed by atoms with E-state index in [0.717, 1.165) is 13.1 Å². The summed E-state index contributed by atoms with van der Waals surface area (Å²) >= 11 is 6.05. The van der Waals surface area contributed by atoms with Crippen LogP contribution < -0.4 is 10.2 Å². The highest BCUT2D eigenvalue weighted by Crippen LogP contribution is 2.20. The number of benzene rings is 2. The summed E-state index contributed by atoms with van der Waals surface area (Å²) in [6.45, 7) is 3.34. The molecule has 6 nitrogen and oxygen atoms in total. The Hall–Kier alpha value is -2.57. The maximum absolute atomic E-state index is 12.6. The number of hydrogen-bond acceptors (Lipinski definition) is 4. The van der Waals surface area contributed by atoms with Crippen LogP contribution in [0, 0.1) is 0 Å². The summed E-state index contributed by atoms with van der Waals surface area (Å²) in [6.07, 6.45) is 0. The Morgan fingerprint density at radius 1 is 0.964 bits per heavy atom. The summed E-state index contributed by atoms with van der Waals surface area (Å²) in [6, 6.07) is 17.3. The highest BCUT2D eigenvalue weighted by Gasteiger charge is 2.22. The Morgan fingerprint density at radius 3 is 2.29 bits per heavy atom. The second-order valence-corrected chi connectivity index (χ2v) is 7.31. The van der Waals surface area contributed by atoms with Gasteiger partial charge in [-0.15, -0.1) is 0 Å². The molecule has 1 aliphatic heterocycles. The second kappa shape index (κ2) is 9.57.